The van der Waals surface area contributed by atoms with E-state index in [4.69, 9.17) is 4.42 Å². The summed E-state index contributed by atoms with van der Waals surface area (Å²) in [7, 11) is 0. The van der Waals surface area contributed by atoms with Gasteiger partial charge in [0.25, 0.3) is 0 Å². The summed E-state index contributed by atoms with van der Waals surface area (Å²) in [6.45, 7) is 2.35. The van der Waals surface area contributed by atoms with E-state index in [-0.39, 0.29) is 16.4 Å². The Morgan fingerprint density at radius 1 is 1.10 bits per heavy atom. The number of aryl methyl sites for hydroxylation is 1. The largest absolute Gasteiger partial charge is 0.460 e. The molecule has 0 bridgehead atoms. The molecule has 0 saturated carbocycles. The van der Waals surface area contributed by atoms with Crippen LogP contribution in [0.3, 0.4) is 0 Å². The molecule has 0 aliphatic carbocycles. The van der Waals surface area contributed by atoms with Crippen molar-refractivity contribution in [1.82, 2.24) is 19.9 Å². The van der Waals surface area contributed by atoms with Gasteiger partial charge in [0, 0.05) is 13.0 Å². The summed E-state index contributed by atoms with van der Waals surface area (Å²) in [4.78, 5) is 28.9. The second-order valence-corrected chi connectivity index (χ2v) is 7.16. The molecule has 154 valence electrons. The average molecular weight is 415 g/mol. The number of anilines is 1. The molecule has 0 radical (unpaired) electrons. The monoisotopic (exact) mass is 415 g/mol. The number of rotatable bonds is 5. The maximum atomic E-state index is 14.5. The van der Waals surface area contributed by atoms with Gasteiger partial charge in [0.15, 0.2) is 11.5 Å². The molecular weight excluding hydrogens is 397 g/mol. The summed E-state index contributed by atoms with van der Waals surface area (Å²) < 4.78 is 20.5. The highest BCUT2D eigenvalue weighted by atomic mass is 19.1. The first kappa shape index (κ1) is 18.9. The van der Waals surface area contributed by atoms with E-state index in [9.17, 15) is 9.18 Å². The van der Waals surface area contributed by atoms with Gasteiger partial charge in [-0.3, -0.25) is 4.79 Å². The molecule has 0 aliphatic rings. The summed E-state index contributed by atoms with van der Waals surface area (Å²) in [5.41, 5.74) is 3.14. The zero-order valence-corrected chi connectivity index (χ0v) is 16.6. The lowest BCUT2D eigenvalue weighted by Gasteiger charge is -2.13. The Balaban J connectivity index is 1.57. The highest BCUT2D eigenvalue weighted by Gasteiger charge is 2.19. The Labute approximate surface area is 176 Å². The second kappa shape index (κ2) is 7.64. The van der Waals surface area contributed by atoms with Crippen molar-refractivity contribution in [1.29, 1.82) is 0 Å². The Kier molecular flexibility index (Phi) is 4.66. The lowest BCUT2D eigenvalue weighted by molar-refractivity contribution is 0.538. The Bertz CT molecular complexity index is 1470. The summed E-state index contributed by atoms with van der Waals surface area (Å²) in [6.07, 6.45) is 3.39. The molecular formula is C23H18FN5O2. The molecule has 5 aromatic rings. The van der Waals surface area contributed by atoms with Crippen LogP contribution < -0.4 is 10.7 Å². The maximum Gasteiger partial charge on any atom is 0.203 e. The molecule has 5 rings (SSSR count). The third kappa shape index (κ3) is 3.31. The Morgan fingerprint density at radius 2 is 1.97 bits per heavy atom. The number of imidazole rings is 1. The van der Waals surface area contributed by atoms with Crippen molar-refractivity contribution in [2.75, 3.05) is 11.9 Å². The molecule has 0 spiro atoms. The van der Waals surface area contributed by atoms with Crippen LogP contribution in [0.25, 0.3) is 33.3 Å². The summed E-state index contributed by atoms with van der Waals surface area (Å²) >= 11 is 0. The molecule has 0 aliphatic heterocycles. The number of hydrogen-bond donors (Lipinski definition) is 2. The van der Waals surface area contributed by atoms with E-state index in [1.54, 1.807) is 12.4 Å². The van der Waals surface area contributed by atoms with Crippen LogP contribution in [0, 0.1) is 12.7 Å². The minimum absolute atomic E-state index is 0.0357. The van der Waals surface area contributed by atoms with Crippen LogP contribution in [0.1, 0.15) is 11.3 Å². The fourth-order valence-corrected chi connectivity index (χ4v) is 3.74. The van der Waals surface area contributed by atoms with Crippen molar-refractivity contribution >= 4 is 28.0 Å². The SMILES string of the molecule is Cc1ccccc1-c1c(CCNc2ncnc3[nH]cnc23)oc2cccc(F)c2c1=O. The van der Waals surface area contributed by atoms with E-state index in [2.05, 4.69) is 25.3 Å². The van der Waals surface area contributed by atoms with E-state index < -0.39 is 5.82 Å². The number of H-pyrrole nitrogens is 1. The van der Waals surface area contributed by atoms with Crippen molar-refractivity contribution in [3.63, 3.8) is 0 Å². The Morgan fingerprint density at radius 3 is 2.84 bits per heavy atom. The van der Waals surface area contributed by atoms with Crippen LogP contribution in [0.5, 0.6) is 0 Å². The van der Waals surface area contributed by atoms with Crippen LogP contribution in [-0.2, 0) is 6.42 Å². The van der Waals surface area contributed by atoms with Gasteiger partial charge in [0.1, 0.15) is 34.4 Å². The first-order valence-corrected chi connectivity index (χ1v) is 9.81. The normalized spacial score (nSPS) is 11.3. The van der Waals surface area contributed by atoms with E-state index in [0.717, 1.165) is 11.1 Å². The van der Waals surface area contributed by atoms with Crippen molar-refractivity contribution in [3.05, 3.63) is 82.5 Å². The number of aromatic amines is 1. The Hall–Kier alpha value is -4.07. The highest BCUT2D eigenvalue weighted by Crippen LogP contribution is 2.28. The number of benzene rings is 2. The number of halogens is 1. The third-order valence-corrected chi connectivity index (χ3v) is 5.22. The molecule has 31 heavy (non-hydrogen) atoms. The number of hydrogen-bond acceptors (Lipinski definition) is 6. The van der Waals surface area contributed by atoms with E-state index in [1.807, 2.05) is 31.2 Å². The second-order valence-electron chi connectivity index (χ2n) is 7.16. The van der Waals surface area contributed by atoms with Crippen molar-refractivity contribution < 1.29 is 8.81 Å². The molecule has 0 atom stereocenters. The predicted molar refractivity (Wildman–Crippen MR) is 116 cm³/mol. The minimum Gasteiger partial charge on any atom is -0.460 e. The van der Waals surface area contributed by atoms with Crippen molar-refractivity contribution in [2.45, 2.75) is 13.3 Å². The van der Waals surface area contributed by atoms with Gasteiger partial charge in [0.05, 0.1) is 11.9 Å². The highest BCUT2D eigenvalue weighted by molar-refractivity contribution is 5.84. The first-order valence-electron chi connectivity index (χ1n) is 9.81. The van der Waals surface area contributed by atoms with Gasteiger partial charge in [0.2, 0.25) is 5.43 Å². The quantitative estimate of drug-likeness (QED) is 0.446. The van der Waals surface area contributed by atoms with Gasteiger partial charge in [-0.15, -0.1) is 0 Å². The number of aromatic nitrogens is 4. The third-order valence-electron chi connectivity index (χ3n) is 5.22. The maximum absolute atomic E-state index is 14.5. The molecule has 0 saturated heterocycles. The van der Waals surface area contributed by atoms with Gasteiger partial charge in [-0.05, 0) is 30.2 Å². The van der Waals surface area contributed by atoms with E-state index in [0.29, 0.717) is 41.3 Å². The fraction of sp³-hybridized carbons (Fsp3) is 0.130. The van der Waals surface area contributed by atoms with Gasteiger partial charge >= 0.3 is 0 Å². The number of nitrogens with one attached hydrogen (secondary N) is 2. The van der Waals surface area contributed by atoms with Crippen LogP contribution in [0.2, 0.25) is 0 Å². The molecule has 7 nitrogen and oxygen atoms in total. The minimum atomic E-state index is -0.590. The molecule has 3 aromatic heterocycles. The fourth-order valence-electron chi connectivity index (χ4n) is 3.74. The van der Waals surface area contributed by atoms with E-state index in [1.165, 1.54) is 18.5 Å². The summed E-state index contributed by atoms with van der Waals surface area (Å²) in [5.74, 6) is 0.475. The average Bonchev–Trinajstić information content (AvgIpc) is 3.24. The smallest absolute Gasteiger partial charge is 0.203 e. The molecule has 0 amide bonds. The van der Waals surface area contributed by atoms with Gasteiger partial charge in [-0.25, -0.2) is 19.3 Å². The molecule has 2 aromatic carbocycles. The van der Waals surface area contributed by atoms with Crippen LogP contribution >= 0.6 is 0 Å². The lowest BCUT2D eigenvalue weighted by atomic mass is 9.97. The van der Waals surface area contributed by atoms with Crippen LogP contribution in [-0.4, -0.2) is 26.5 Å². The first-order chi connectivity index (χ1) is 15.1. The van der Waals surface area contributed by atoms with E-state index >= 15 is 0 Å². The topological polar surface area (TPSA) is 96.7 Å². The van der Waals surface area contributed by atoms with Gasteiger partial charge in [-0.2, -0.15) is 0 Å². The van der Waals surface area contributed by atoms with Crippen LogP contribution in [0.4, 0.5) is 10.2 Å². The molecule has 3 heterocycles. The lowest BCUT2D eigenvalue weighted by Crippen LogP contribution is -2.14. The molecule has 8 heteroatoms. The molecule has 2 N–H and O–H groups in total. The summed E-state index contributed by atoms with van der Waals surface area (Å²) in [5, 5.41) is 3.19. The van der Waals surface area contributed by atoms with Crippen molar-refractivity contribution in [2.24, 2.45) is 0 Å². The zero-order valence-electron chi connectivity index (χ0n) is 16.6. The van der Waals surface area contributed by atoms with Crippen LogP contribution in [0.15, 0.2) is 64.3 Å². The standard InChI is InChI=1S/C23H18FN5O2/c1-13-5-2-3-6-14(13)18-17(31-16-8-4-7-15(24)19(16)21(18)30)9-10-25-22-20-23(27-11-26-20)29-12-28-22/h2-8,11-12H,9-10H2,1H3,(H2,25,26,27,28,29). The van der Waals surface area contributed by atoms with Crippen molar-refractivity contribution in [3.8, 4) is 11.1 Å². The number of nitrogens with zero attached hydrogens (tertiary/aromatic N) is 3. The van der Waals surface area contributed by atoms with Gasteiger partial charge < -0.3 is 14.7 Å². The zero-order chi connectivity index (χ0) is 21.4. The van der Waals surface area contributed by atoms with Gasteiger partial charge in [-0.1, -0.05) is 30.3 Å². The molecule has 0 fully saturated rings. The predicted octanol–water partition coefficient (Wildman–Crippen LogP) is 4.23. The summed E-state index contributed by atoms with van der Waals surface area (Å²) in [6, 6.07) is 11.9. The molecule has 0 unspecified atom stereocenters. The number of fused-ring (bicyclic) bond motifs is 2.